The van der Waals surface area contributed by atoms with Gasteiger partial charge in [-0.3, -0.25) is 0 Å². The normalized spacial score (nSPS) is 49.7. The number of rotatable bonds is 1. The molecule has 4 aliphatic carbocycles. The van der Waals surface area contributed by atoms with E-state index in [9.17, 15) is 0 Å². The molecule has 0 spiro atoms. The topological polar surface area (TPSA) is 0 Å². The lowest BCUT2D eigenvalue weighted by Gasteiger charge is -2.63. The lowest BCUT2D eigenvalue weighted by Crippen LogP contribution is -2.56. The van der Waals surface area contributed by atoms with Crippen molar-refractivity contribution >= 4 is 0 Å². The minimum absolute atomic E-state index is 0.446. The molecule has 0 saturated heterocycles. The molecule has 4 saturated carbocycles. The van der Waals surface area contributed by atoms with E-state index in [2.05, 4.69) is 33.9 Å². The van der Waals surface area contributed by atoms with Gasteiger partial charge in [0.25, 0.3) is 0 Å². The van der Waals surface area contributed by atoms with Crippen molar-refractivity contribution in [3.63, 3.8) is 0 Å². The Labute approximate surface area is 143 Å². The second-order valence-corrected chi connectivity index (χ2v) is 9.90. The summed E-state index contributed by atoms with van der Waals surface area (Å²) in [6.45, 7) is 16.7. The van der Waals surface area contributed by atoms with Crippen LogP contribution in [0.2, 0.25) is 0 Å². The molecule has 0 amide bonds. The van der Waals surface area contributed by atoms with E-state index in [4.69, 9.17) is 0 Å². The first kappa shape index (κ1) is 16.0. The van der Waals surface area contributed by atoms with Crippen LogP contribution in [-0.2, 0) is 0 Å². The Bertz CT molecular complexity index is 526. The molecule has 23 heavy (non-hydrogen) atoms. The van der Waals surface area contributed by atoms with Gasteiger partial charge < -0.3 is 0 Å². The van der Waals surface area contributed by atoms with Crippen LogP contribution >= 0.6 is 0 Å². The Kier molecular flexibility index (Phi) is 3.64. The van der Waals surface area contributed by atoms with Crippen LogP contribution in [0.1, 0.15) is 78.6 Å². The first-order valence-electron chi connectivity index (χ1n) is 10.3. The second-order valence-electron chi connectivity index (χ2n) is 9.90. The Morgan fingerprint density at radius 2 is 1.78 bits per heavy atom. The maximum Gasteiger partial charge on any atom is -0.00878 e. The fraction of sp³-hybridized carbons (Fsp3) is 0.826. The molecule has 0 nitrogen and oxygen atoms in total. The lowest BCUT2D eigenvalue weighted by molar-refractivity contribution is -0.109. The molecule has 0 bridgehead atoms. The van der Waals surface area contributed by atoms with Gasteiger partial charge in [0, 0.05) is 0 Å². The minimum Gasteiger partial charge on any atom is -0.0995 e. The summed E-state index contributed by atoms with van der Waals surface area (Å²) >= 11 is 0. The zero-order valence-electron chi connectivity index (χ0n) is 15.7. The standard InChI is InChI=1S/C23H36/c1-15(2)23-12-7-6-8-19(23)16(3)14-18-20-10-9-17(4)22(20,5)13-11-21(18)23/h15,18-21H,3-4,6-14H2,1-2,5H3. The first-order valence-corrected chi connectivity index (χ1v) is 10.3. The summed E-state index contributed by atoms with van der Waals surface area (Å²) in [7, 11) is 0. The highest BCUT2D eigenvalue weighted by atomic mass is 14.7. The van der Waals surface area contributed by atoms with E-state index < -0.39 is 0 Å². The van der Waals surface area contributed by atoms with Gasteiger partial charge in [-0.15, -0.1) is 0 Å². The van der Waals surface area contributed by atoms with E-state index >= 15 is 0 Å². The van der Waals surface area contributed by atoms with Gasteiger partial charge in [-0.25, -0.2) is 0 Å². The summed E-state index contributed by atoms with van der Waals surface area (Å²) in [6.07, 6.45) is 12.7. The van der Waals surface area contributed by atoms with Crippen molar-refractivity contribution < 1.29 is 0 Å². The molecule has 0 radical (unpaired) electrons. The molecule has 4 aliphatic rings. The molecule has 6 unspecified atom stereocenters. The third-order valence-electron chi connectivity index (χ3n) is 9.15. The predicted molar refractivity (Wildman–Crippen MR) is 99.2 cm³/mol. The van der Waals surface area contributed by atoms with Crippen LogP contribution in [0.25, 0.3) is 0 Å². The van der Waals surface area contributed by atoms with E-state index in [0.717, 1.165) is 29.6 Å². The quantitative estimate of drug-likeness (QED) is 0.468. The molecule has 0 heterocycles. The molecular formula is C23H36. The molecule has 128 valence electrons. The van der Waals surface area contributed by atoms with Crippen molar-refractivity contribution in [2.45, 2.75) is 78.6 Å². The smallest absolute Gasteiger partial charge is 0.00878 e. The van der Waals surface area contributed by atoms with E-state index in [1.54, 1.807) is 11.1 Å². The van der Waals surface area contributed by atoms with Gasteiger partial charge in [0.05, 0.1) is 0 Å². The Hall–Kier alpha value is -0.520. The average molecular weight is 313 g/mol. The highest BCUT2D eigenvalue weighted by Crippen LogP contribution is 2.69. The van der Waals surface area contributed by atoms with Crippen LogP contribution in [0.15, 0.2) is 24.3 Å². The van der Waals surface area contributed by atoms with Crippen molar-refractivity contribution in [2.75, 3.05) is 0 Å². The summed E-state index contributed by atoms with van der Waals surface area (Å²) in [4.78, 5) is 0. The number of fused-ring (bicyclic) bond motifs is 5. The highest BCUT2D eigenvalue weighted by molar-refractivity contribution is 5.26. The molecular weight excluding hydrogens is 276 g/mol. The maximum absolute atomic E-state index is 4.65. The van der Waals surface area contributed by atoms with Gasteiger partial charge in [-0.2, -0.15) is 0 Å². The van der Waals surface area contributed by atoms with Crippen LogP contribution in [0, 0.1) is 40.4 Å². The molecule has 4 fully saturated rings. The molecule has 0 N–H and O–H groups in total. The maximum atomic E-state index is 4.65. The molecule has 6 atom stereocenters. The average Bonchev–Trinajstić information content (AvgIpc) is 2.83. The Morgan fingerprint density at radius 3 is 2.52 bits per heavy atom. The van der Waals surface area contributed by atoms with Gasteiger partial charge in [0.15, 0.2) is 0 Å². The fourth-order valence-corrected chi connectivity index (χ4v) is 7.96. The van der Waals surface area contributed by atoms with Crippen LogP contribution in [0.4, 0.5) is 0 Å². The third-order valence-corrected chi connectivity index (χ3v) is 9.15. The van der Waals surface area contributed by atoms with Crippen LogP contribution < -0.4 is 0 Å². The van der Waals surface area contributed by atoms with Crippen LogP contribution in [-0.4, -0.2) is 0 Å². The Balaban J connectivity index is 1.76. The van der Waals surface area contributed by atoms with E-state index in [0.29, 0.717) is 10.8 Å². The molecule has 0 aromatic carbocycles. The lowest BCUT2D eigenvalue weighted by atomic mass is 9.41. The van der Waals surface area contributed by atoms with Crippen molar-refractivity contribution in [1.82, 2.24) is 0 Å². The summed E-state index contributed by atoms with van der Waals surface area (Å²) in [5, 5.41) is 0. The van der Waals surface area contributed by atoms with Crippen molar-refractivity contribution in [2.24, 2.45) is 40.4 Å². The molecule has 0 heteroatoms. The summed E-state index contributed by atoms with van der Waals surface area (Å²) in [5.74, 6) is 4.39. The third kappa shape index (κ3) is 1.96. The van der Waals surface area contributed by atoms with Gasteiger partial charge in [0.2, 0.25) is 0 Å². The molecule has 0 aromatic heterocycles. The number of allylic oxidation sites excluding steroid dienone is 2. The molecule has 0 aliphatic heterocycles. The molecule has 0 aromatic rings. The number of hydrogen-bond acceptors (Lipinski definition) is 0. The van der Waals surface area contributed by atoms with E-state index in [-0.39, 0.29) is 0 Å². The van der Waals surface area contributed by atoms with E-state index in [1.165, 1.54) is 57.8 Å². The van der Waals surface area contributed by atoms with Gasteiger partial charge in [-0.05, 0) is 85.4 Å². The summed E-state index contributed by atoms with van der Waals surface area (Å²) in [6, 6.07) is 0. The minimum atomic E-state index is 0.446. The van der Waals surface area contributed by atoms with Gasteiger partial charge >= 0.3 is 0 Å². The zero-order chi connectivity index (χ0) is 16.4. The predicted octanol–water partition coefficient (Wildman–Crippen LogP) is 6.78. The summed E-state index contributed by atoms with van der Waals surface area (Å²) < 4.78 is 0. The Morgan fingerprint density at radius 1 is 1.00 bits per heavy atom. The highest BCUT2D eigenvalue weighted by Gasteiger charge is 2.61. The van der Waals surface area contributed by atoms with Gasteiger partial charge in [0.1, 0.15) is 0 Å². The monoisotopic (exact) mass is 312 g/mol. The van der Waals surface area contributed by atoms with Crippen LogP contribution in [0.5, 0.6) is 0 Å². The van der Waals surface area contributed by atoms with E-state index in [1.807, 2.05) is 0 Å². The fourth-order valence-electron chi connectivity index (χ4n) is 7.96. The zero-order valence-corrected chi connectivity index (χ0v) is 15.7. The van der Waals surface area contributed by atoms with Crippen molar-refractivity contribution in [3.05, 3.63) is 24.3 Å². The van der Waals surface area contributed by atoms with Gasteiger partial charge in [-0.1, -0.05) is 57.9 Å². The van der Waals surface area contributed by atoms with Crippen molar-refractivity contribution in [3.8, 4) is 0 Å². The number of hydrogen-bond donors (Lipinski definition) is 0. The second kappa shape index (κ2) is 5.24. The first-order chi connectivity index (χ1) is 10.9. The van der Waals surface area contributed by atoms with Crippen LogP contribution in [0.3, 0.4) is 0 Å². The SMILES string of the molecule is C=C1CC2C3CCC(=C)C3(C)CCC2C2(C(C)C)CCCCC12. The summed E-state index contributed by atoms with van der Waals surface area (Å²) in [5.41, 5.74) is 4.21. The largest absolute Gasteiger partial charge is 0.0995 e. The molecule has 4 rings (SSSR count). The van der Waals surface area contributed by atoms with Crippen molar-refractivity contribution in [1.29, 1.82) is 0 Å².